The van der Waals surface area contributed by atoms with Crippen LogP contribution in [0, 0.1) is 6.92 Å². The number of carbonyl (C=O) groups excluding carboxylic acids is 1. The Bertz CT molecular complexity index is 338. The third-order valence-electron chi connectivity index (χ3n) is 2.67. The first-order chi connectivity index (χ1) is 7.61. The van der Waals surface area contributed by atoms with Crippen LogP contribution < -0.4 is 26.9 Å². The molecule has 0 fully saturated rings. The molecule has 0 bridgehead atoms. The number of aryl methyl sites for hydroxylation is 2. The van der Waals surface area contributed by atoms with Gasteiger partial charge in [0.2, 0.25) is 5.91 Å². The summed E-state index contributed by atoms with van der Waals surface area (Å²) >= 11 is 0. The zero-order valence-corrected chi connectivity index (χ0v) is 12.3. The maximum absolute atomic E-state index is 11.5. The van der Waals surface area contributed by atoms with Crippen molar-refractivity contribution in [2.75, 3.05) is 0 Å². The molecule has 1 amide bonds. The maximum atomic E-state index is 11.5. The van der Waals surface area contributed by atoms with Gasteiger partial charge in [-0.1, -0.05) is 6.92 Å². The van der Waals surface area contributed by atoms with Gasteiger partial charge >= 0.3 is 0 Å². The van der Waals surface area contributed by atoms with Gasteiger partial charge in [0.25, 0.3) is 0 Å². The second kappa shape index (κ2) is 8.23. The van der Waals surface area contributed by atoms with Crippen LogP contribution in [0.1, 0.15) is 32.3 Å². The normalized spacial score (nSPS) is 11.5. The summed E-state index contributed by atoms with van der Waals surface area (Å²) in [6.45, 7) is 6.89. The molecule has 4 heteroatoms. The number of carbonyl (C=O) groups is 1. The average Bonchev–Trinajstić information content (AvgIpc) is 2.28. The number of nitrogens with one attached hydrogen (secondary N) is 1. The lowest BCUT2D eigenvalue weighted by Crippen LogP contribution is -3.00. The van der Waals surface area contributed by atoms with E-state index in [4.69, 9.17) is 0 Å². The zero-order valence-electron chi connectivity index (χ0n) is 10.7. The summed E-state index contributed by atoms with van der Waals surface area (Å²) in [7, 11) is 0. The third kappa shape index (κ3) is 6.41. The second-order valence-electron chi connectivity index (χ2n) is 4.24. The van der Waals surface area contributed by atoms with Crippen LogP contribution in [-0.4, -0.2) is 11.9 Å². The smallest absolute Gasteiger partial charge is 0.226 e. The van der Waals surface area contributed by atoms with E-state index in [-0.39, 0.29) is 28.9 Å². The maximum Gasteiger partial charge on any atom is 0.226 e. The van der Waals surface area contributed by atoms with Gasteiger partial charge < -0.3 is 22.3 Å². The molecule has 1 N–H and O–H groups in total. The Morgan fingerprint density at radius 3 is 2.53 bits per heavy atom. The summed E-state index contributed by atoms with van der Waals surface area (Å²) < 4.78 is 2.03. The Morgan fingerprint density at radius 2 is 2.00 bits per heavy atom. The van der Waals surface area contributed by atoms with E-state index in [9.17, 15) is 4.79 Å². The first kappa shape index (κ1) is 16.1. The lowest BCUT2D eigenvalue weighted by atomic mass is 10.2. The summed E-state index contributed by atoms with van der Waals surface area (Å²) in [6.07, 6.45) is 5.53. The van der Waals surface area contributed by atoms with Crippen molar-refractivity contribution >= 4 is 5.91 Å². The SMILES string of the molecule is CCC(C)NC(=O)CC[n+]1ccc(C)cc1.[Br-]. The number of rotatable bonds is 5. The summed E-state index contributed by atoms with van der Waals surface area (Å²) in [5.41, 5.74) is 1.24. The van der Waals surface area contributed by atoms with E-state index >= 15 is 0 Å². The first-order valence-electron chi connectivity index (χ1n) is 5.87. The molecule has 1 aromatic heterocycles. The number of nitrogens with zero attached hydrogens (tertiary/aromatic N) is 1. The number of hydrogen-bond acceptors (Lipinski definition) is 1. The minimum absolute atomic E-state index is 0. The van der Waals surface area contributed by atoms with E-state index in [1.165, 1.54) is 5.56 Å². The van der Waals surface area contributed by atoms with Crippen LogP contribution in [0.25, 0.3) is 0 Å². The highest BCUT2D eigenvalue weighted by Gasteiger charge is 2.08. The Hall–Kier alpha value is -0.900. The van der Waals surface area contributed by atoms with Crippen molar-refractivity contribution in [3.05, 3.63) is 30.1 Å². The molecule has 0 aromatic carbocycles. The molecule has 1 atom stereocenters. The monoisotopic (exact) mass is 300 g/mol. The summed E-state index contributed by atoms with van der Waals surface area (Å²) in [4.78, 5) is 11.5. The Labute approximate surface area is 114 Å². The van der Waals surface area contributed by atoms with Gasteiger partial charge in [0, 0.05) is 18.2 Å². The van der Waals surface area contributed by atoms with Crippen molar-refractivity contribution in [1.82, 2.24) is 5.32 Å². The van der Waals surface area contributed by atoms with Gasteiger partial charge in [-0.25, -0.2) is 4.57 Å². The molecule has 3 nitrogen and oxygen atoms in total. The Balaban J connectivity index is 0.00000256. The molecule has 0 spiro atoms. The number of halogens is 1. The number of aromatic nitrogens is 1. The minimum Gasteiger partial charge on any atom is -1.00 e. The van der Waals surface area contributed by atoms with E-state index in [0.29, 0.717) is 6.42 Å². The van der Waals surface area contributed by atoms with Crippen molar-refractivity contribution in [1.29, 1.82) is 0 Å². The number of hydrogen-bond donors (Lipinski definition) is 1. The molecule has 0 saturated carbocycles. The lowest BCUT2D eigenvalue weighted by molar-refractivity contribution is -0.695. The standard InChI is InChI=1S/C13H20N2O.BrH/c1-4-12(3)14-13(16)7-10-15-8-5-11(2)6-9-15;/h5-6,8-9,12H,4,7,10H2,1-3H3;1H. The van der Waals surface area contributed by atoms with Gasteiger partial charge in [-0.2, -0.15) is 0 Å². The van der Waals surface area contributed by atoms with Crippen LogP contribution in [-0.2, 0) is 11.3 Å². The fourth-order valence-electron chi connectivity index (χ4n) is 1.36. The predicted molar refractivity (Wildman–Crippen MR) is 63.9 cm³/mol. The average molecular weight is 301 g/mol. The molecule has 0 aliphatic rings. The van der Waals surface area contributed by atoms with Crippen LogP contribution in [0.3, 0.4) is 0 Å². The van der Waals surface area contributed by atoms with Crippen molar-refractivity contribution < 1.29 is 26.3 Å². The fraction of sp³-hybridized carbons (Fsp3) is 0.538. The molecule has 1 unspecified atom stereocenters. The minimum atomic E-state index is 0. The van der Waals surface area contributed by atoms with Crippen LogP contribution in [0.4, 0.5) is 0 Å². The van der Waals surface area contributed by atoms with Gasteiger partial charge in [-0.3, -0.25) is 4.79 Å². The van der Waals surface area contributed by atoms with Crippen molar-refractivity contribution in [3.63, 3.8) is 0 Å². The highest BCUT2D eigenvalue weighted by atomic mass is 79.9. The molecule has 0 radical (unpaired) electrons. The van der Waals surface area contributed by atoms with Gasteiger partial charge in [-0.05, 0) is 25.8 Å². The lowest BCUT2D eigenvalue weighted by Gasteiger charge is -2.09. The van der Waals surface area contributed by atoms with E-state index in [1.807, 2.05) is 36.0 Å². The fourth-order valence-corrected chi connectivity index (χ4v) is 1.36. The largest absolute Gasteiger partial charge is 1.00 e. The molecular formula is C13H21BrN2O. The summed E-state index contributed by atoms with van der Waals surface area (Å²) in [6, 6.07) is 4.37. The summed E-state index contributed by atoms with van der Waals surface area (Å²) in [5, 5.41) is 2.96. The van der Waals surface area contributed by atoms with E-state index < -0.39 is 0 Å². The van der Waals surface area contributed by atoms with Crippen LogP contribution in [0.15, 0.2) is 24.5 Å². The third-order valence-corrected chi connectivity index (χ3v) is 2.67. The molecule has 0 aliphatic heterocycles. The van der Waals surface area contributed by atoms with Crippen molar-refractivity contribution in [3.8, 4) is 0 Å². The molecule has 1 aromatic rings. The number of pyridine rings is 1. The first-order valence-corrected chi connectivity index (χ1v) is 5.87. The number of amides is 1. The van der Waals surface area contributed by atoms with Crippen molar-refractivity contribution in [2.45, 2.75) is 46.2 Å². The van der Waals surface area contributed by atoms with Gasteiger partial charge in [0.05, 0.1) is 6.42 Å². The van der Waals surface area contributed by atoms with Crippen LogP contribution in [0.2, 0.25) is 0 Å². The van der Waals surface area contributed by atoms with Gasteiger partial charge in [0.15, 0.2) is 18.9 Å². The summed E-state index contributed by atoms with van der Waals surface area (Å²) in [5.74, 6) is 0.127. The zero-order chi connectivity index (χ0) is 12.0. The molecule has 0 saturated heterocycles. The van der Waals surface area contributed by atoms with E-state index in [1.54, 1.807) is 0 Å². The highest BCUT2D eigenvalue weighted by Crippen LogP contribution is 1.92. The Morgan fingerprint density at radius 1 is 1.41 bits per heavy atom. The Kier molecular flexibility index (Phi) is 7.79. The van der Waals surface area contributed by atoms with Gasteiger partial charge in [0.1, 0.15) is 0 Å². The molecule has 17 heavy (non-hydrogen) atoms. The van der Waals surface area contributed by atoms with Gasteiger partial charge in [-0.15, -0.1) is 0 Å². The molecule has 0 aliphatic carbocycles. The van der Waals surface area contributed by atoms with E-state index in [2.05, 4.69) is 19.2 Å². The van der Waals surface area contributed by atoms with Crippen LogP contribution >= 0.6 is 0 Å². The predicted octanol–water partition coefficient (Wildman–Crippen LogP) is -1.41. The highest BCUT2D eigenvalue weighted by molar-refractivity contribution is 5.75. The molecule has 1 heterocycles. The quantitative estimate of drug-likeness (QED) is 0.666. The van der Waals surface area contributed by atoms with Crippen LogP contribution in [0.5, 0.6) is 0 Å². The second-order valence-corrected chi connectivity index (χ2v) is 4.24. The molecular weight excluding hydrogens is 280 g/mol. The molecule has 1 rings (SSSR count). The van der Waals surface area contributed by atoms with E-state index in [0.717, 1.165) is 13.0 Å². The topological polar surface area (TPSA) is 33.0 Å². The van der Waals surface area contributed by atoms with Crippen molar-refractivity contribution in [2.24, 2.45) is 0 Å². The molecule has 96 valence electrons.